The van der Waals surface area contributed by atoms with Crippen molar-refractivity contribution < 1.29 is 13.9 Å². The van der Waals surface area contributed by atoms with Gasteiger partial charge in [-0.3, -0.25) is 4.98 Å². The zero-order valence-electron chi connectivity index (χ0n) is 17.4. The second-order valence-electron chi connectivity index (χ2n) is 8.72. The van der Waals surface area contributed by atoms with Crippen molar-refractivity contribution in [2.45, 2.75) is 57.0 Å². The molecule has 1 saturated heterocycles. The molecule has 1 aromatic heterocycles. The van der Waals surface area contributed by atoms with Gasteiger partial charge in [-0.2, -0.15) is 0 Å². The summed E-state index contributed by atoms with van der Waals surface area (Å²) in [5, 5.41) is 1.06. The van der Waals surface area contributed by atoms with Crippen molar-refractivity contribution in [3.05, 3.63) is 78.3 Å². The maximum absolute atomic E-state index is 13.7. The van der Waals surface area contributed by atoms with Gasteiger partial charge >= 0.3 is 0 Å². The van der Waals surface area contributed by atoms with Crippen LogP contribution < -0.4 is 0 Å². The largest absolute Gasteiger partial charge is 0.343 e. The van der Waals surface area contributed by atoms with Crippen LogP contribution in [0.15, 0.2) is 61.2 Å². The van der Waals surface area contributed by atoms with E-state index in [9.17, 15) is 4.39 Å². The summed E-state index contributed by atoms with van der Waals surface area (Å²) < 4.78 is 26.2. The molecule has 1 aliphatic heterocycles. The first kappa shape index (κ1) is 19.4. The second-order valence-corrected chi connectivity index (χ2v) is 8.72. The van der Waals surface area contributed by atoms with E-state index in [-0.39, 0.29) is 18.0 Å². The first-order valence-corrected chi connectivity index (χ1v) is 10.6. The van der Waals surface area contributed by atoms with E-state index in [1.54, 1.807) is 0 Å². The predicted molar refractivity (Wildman–Crippen MR) is 117 cm³/mol. The van der Waals surface area contributed by atoms with Crippen molar-refractivity contribution in [1.82, 2.24) is 4.98 Å². The quantitative estimate of drug-likeness (QED) is 0.455. The number of para-hydroxylation sites is 1. The summed E-state index contributed by atoms with van der Waals surface area (Å²) in [5.41, 5.74) is 5.27. The fourth-order valence-corrected chi connectivity index (χ4v) is 4.53. The molecule has 0 radical (unpaired) electrons. The molecule has 1 aliphatic carbocycles. The molecule has 4 heteroatoms. The van der Waals surface area contributed by atoms with Gasteiger partial charge in [0.2, 0.25) is 0 Å². The van der Waals surface area contributed by atoms with E-state index in [2.05, 4.69) is 18.7 Å². The van der Waals surface area contributed by atoms with E-state index in [0.717, 1.165) is 46.1 Å². The average Bonchev–Trinajstić information content (AvgIpc) is 3.57. The maximum Gasteiger partial charge on any atom is 0.164 e. The number of pyridine rings is 1. The third-order valence-electron chi connectivity index (χ3n) is 5.95. The van der Waals surface area contributed by atoms with Gasteiger partial charge in [-0.1, -0.05) is 36.4 Å². The molecule has 2 heterocycles. The highest BCUT2D eigenvalue weighted by atomic mass is 19.1. The smallest absolute Gasteiger partial charge is 0.164 e. The van der Waals surface area contributed by atoms with Gasteiger partial charge in [0.1, 0.15) is 5.82 Å². The molecule has 30 heavy (non-hydrogen) atoms. The van der Waals surface area contributed by atoms with Crippen molar-refractivity contribution in [3.8, 4) is 11.1 Å². The summed E-state index contributed by atoms with van der Waals surface area (Å²) in [7, 11) is 0. The van der Waals surface area contributed by atoms with Crippen LogP contribution in [-0.2, 0) is 9.47 Å². The van der Waals surface area contributed by atoms with Crippen molar-refractivity contribution in [1.29, 1.82) is 0 Å². The topological polar surface area (TPSA) is 31.4 Å². The first-order valence-electron chi connectivity index (χ1n) is 10.6. The Morgan fingerprint density at radius 3 is 2.50 bits per heavy atom. The van der Waals surface area contributed by atoms with Gasteiger partial charge in [0.05, 0.1) is 23.4 Å². The summed E-state index contributed by atoms with van der Waals surface area (Å²) in [5.74, 6) is -0.523. The number of rotatable bonds is 4. The van der Waals surface area contributed by atoms with Gasteiger partial charge in [-0.15, -0.1) is 6.58 Å². The lowest BCUT2D eigenvalue weighted by Crippen LogP contribution is -2.40. The van der Waals surface area contributed by atoms with Gasteiger partial charge in [-0.05, 0) is 56.0 Å². The molecule has 5 rings (SSSR count). The minimum Gasteiger partial charge on any atom is -0.343 e. The number of benzene rings is 2. The molecule has 0 amide bonds. The lowest BCUT2D eigenvalue weighted by Gasteiger charge is -2.41. The molecule has 2 aromatic carbocycles. The van der Waals surface area contributed by atoms with Crippen molar-refractivity contribution >= 4 is 10.9 Å². The Kier molecular flexibility index (Phi) is 4.72. The van der Waals surface area contributed by atoms with Crippen LogP contribution in [0.1, 0.15) is 56.4 Å². The molecular weight excluding hydrogens is 377 g/mol. The summed E-state index contributed by atoms with van der Waals surface area (Å²) >= 11 is 0. The van der Waals surface area contributed by atoms with Crippen molar-refractivity contribution in [2.75, 3.05) is 0 Å². The highest BCUT2D eigenvalue weighted by molar-refractivity contribution is 5.97. The molecule has 0 unspecified atom stereocenters. The van der Waals surface area contributed by atoms with Gasteiger partial charge < -0.3 is 9.47 Å². The predicted octanol–water partition coefficient (Wildman–Crippen LogP) is 6.69. The third-order valence-corrected chi connectivity index (χ3v) is 5.95. The van der Waals surface area contributed by atoms with Gasteiger partial charge in [-0.25, -0.2) is 4.39 Å². The third kappa shape index (κ3) is 3.55. The van der Waals surface area contributed by atoms with Crippen LogP contribution in [0.4, 0.5) is 4.39 Å². The van der Waals surface area contributed by atoms with E-state index < -0.39 is 5.79 Å². The van der Waals surface area contributed by atoms with E-state index >= 15 is 0 Å². The normalized spacial score (nSPS) is 23.4. The molecule has 0 bridgehead atoms. The molecule has 0 spiro atoms. The number of hydrogen-bond acceptors (Lipinski definition) is 3. The number of nitrogens with zero attached hydrogens (tertiary/aromatic N) is 1. The van der Waals surface area contributed by atoms with Gasteiger partial charge in [0, 0.05) is 23.3 Å². The number of aromatic nitrogens is 1. The maximum atomic E-state index is 13.7. The Labute approximate surface area is 176 Å². The van der Waals surface area contributed by atoms with E-state index in [4.69, 9.17) is 14.5 Å². The Morgan fingerprint density at radius 1 is 1.07 bits per heavy atom. The molecular formula is C26H26FNO2. The Morgan fingerprint density at radius 2 is 1.80 bits per heavy atom. The fourth-order valence-electron chi connectivity index (χ4n) is 4.53. The van der Waals surface area contributed by atoms with E-state index in [0.29, 0.717) is 12.3 Å². The van der Waals surface area contributed by atoms with E-state index in [1.807, 2.05) is 44.2 Å². The standard InChI is InChI=1S/C26H26FNO2/c1-4-19-15-22(30-26(2,3)29-19)24-23(16-11-13-18(27)14-12-16)20-7-5-6-8-21(20)28-25(24)17-9-10-17/h4-8,11-14,17,19,22H,1,9-10,15H2,2-3H3/t19-,22-/m0/s1. The Hall–Kier alpha value is -2.56. The lowest BCUT2D eigenvalue weighted by atomic mass is 9.87. The highest BCUT2D eigenvalue weighted by Crippen LogP contribution is 2.50. The Bertz CT molecular complexity index is 1100. The average molecular weight is 403 g/mol. The zero-order chi connectivity index (χ0) is 20.9. The first-order chi connectivity index (χ1) is 14.4. The molecule has 0 N–H and O–H groups in total. The van der Waals surface area contributed by atoms with Crippen LogP contribution in [0.5, 0.6) is 0 Å². The van der Waals surface area contributed by atoms with Crippen LogP contribution in [0.2, 0.25) is 0 Å². The summed E-state index contributed by atoms with van der Waals surface area (Å²) in [6.45, 7) is 7.84. The summed E-state index contributed by atoms with van der Waals surface area (Å²) in [6.07, 6.45) is 4.53. The molecule has 1 saturated carbocycles. The van der Waals surface area contributed by atoms with Crippen LogP contribution in [0.3, 0.4) is 0 Å². The van der Waals surface area contributed by atoms with Crippen molar-refractivity contribution in [2.24, 2.45) is 0 Å². The van der Waals surface area contributed by atoms with Crippen molar-refractivity contribution in [3.63, 3.8) is 0 Å². The number of fused-ring (bicyclic) bond motifs is 1. The minimum absolute atomic E-state index is 0.0988. The molecule has 154 valence electrons. The Balaban J connectivity index is 1.79. The monoisotopic (exact) mass is 403 g/mol. The molecule has 3 nitrogen and oxygen atoms in total. The fraction of sp³-hybridized carbons (Fsp3) is 0.346. The molecule has 3 aromatic rings. The summed E-state index contributed by atoms with van der Waals surface area (Å²) in [6, 6.07) is 14.9. The second kappa shape index (κ2) is 7.29. The minimum atomic E-state index is -0.728. The van der Waals surface area contributed by atoms with Crippen LogP contribution >= 0.6 is 0 Å². The van der Waals surface area contributed by atoms with Gasteiger partial charge in [0.25, 0.3) is 0 Å². The zero-order valence-corrected chi connectivity index (χ0v) is 17.4. The van der Waals surface area contributed by atoms with Gasteiger partial charge in [0.15, 0.2) is 5.79 Å². The number of halogens is 1. The number of hydrogen-bond donors (Lipinski definition) is 0. The molecule has 2 fully saturated rings. The van der Waals surface area contributed by atoms with E-state index in [1.165, 1.54) is 12.1 Å². The lowest BCUT2D eigenvalue weighted by molar-refractivity contribution is -0.292. The SMILES string of the molecule is C=C[C@H]1C[C@@H](c2c(C3CC3)nc3ccccc3c2-c2ccc(F)cc2)OC(C)(C)O1. The number of ether oxygens (including phenoxy) is 2. The highest BCUT2D eigenvalue weighted by Gasteiger charge is 2.40. The molecule has 2 atom stereocenters. The van der Waals surface area contributed by atoms with Crippen LogP contribution in [0, 0.1) is 5.82 Å². The van der Waals surface area contributed by atoms with Crippen LogP contribution in [0.25, 0.3) is 22.0 Å². The van der Waals surface area contributed by atoms with Crippen LogP contribution in [-0.4, -0.2) is 16.9 Å². The summed E-state index contributed by atoms with van der Waals surface area (Å²) in [4.78, 5) is 5.09. The molecule has 2 aliphatic rings.